The monoisotopic (exact) mass is 224 g/mol. The highest BCUT2D eigenvalue weighted by atomic mass is 35.5. The molecule has 1 aromatic carbocycles. The van der Waals surface area contributed by atoms with Crippen LogP contribution in [0.5, 0.6) is 0 Å². The number of halogens is 1. The summed E-state index contributed by atoms with van der Waals surface area (Å²) < 4.78 is 0. The Bertz CT molecular complexity index is 310. The number of rotatable bonds is 1. The molecule has 0 spiro atoms. The number of benzene rings is 1. The average molecular weight is 225 g/mol. The lowest BCUT2D eigenvalue weighted by Crippen LogP contribution is -3.00. The summed E-state index contributed by atoms with van der Waals surface area (Å²) in [4.78, 5) is 2.18. The number of amidine groups is 1. The second kappa shape index (κ2) is 5.76. The fraction of sp³-hybridized carbons (Fsp3) is 0.417. The molecule has 0 saturated carbocycles. The Morgan fingerprint density at radius 2 is 1.67 bits per heavy atom. The minimum Gasteiger partial charge on any atom is -1.00 e. The maximum Gasteiger partial charge on any atom is 1.00 e. The van der Waals surface area contributed by atoms with E-state index in [0.29, 0.717) is 5.84 Å². The normalized spacial score (nSPS) is 15.6. The lowest BCUT2D eigenvalue weighted by atomic mass is 10.1. The minimum absolute atomic E-state index is 0. The summed E-state index contributed by atoms with van der Waals surface area (Å²) in [5.41, 5.74) is 1.04. The van der Waals surface area contributed by atoms with Crippen molar-refractivity contribution < 1.29 is 13.8 Å². The van der Waals surface area contributed by atoms with E-state index in [1.165, 1.54) is 19.3 Å². The van der Waals surface area contributed by atoms with Gasteiger partial charge in [-0.3, -0.25) is 5.41 Å². The number of hydrogen-bond donors (Lipinski definition) is 1. The van der Waals surface area contributed by atoms with Crippen molar-refractivity contribution in [2.24, 2.45) is 0 Å². The van der Waals surface area contributed by atoms with Crippen LogP contribution in [-0.4, -0.2) is 23.8 Å². The molecule has 2 nitrogen and oxygen atoms in total. The van der Waals surface area contributed by atoms with Gasteiger partial charge in [-0.05, 0) is 19.3 Å². The van der Waals surface area contributed by atoms with E-state index >= 15 is 0 Å². The number of nitrogens with one attached hydrogen (secondary N) is 1. The summed E-state index contributed by atoms with van der Waals surface area (Å²) in [6, 6.07) is 10.0. The average Bonchev–Trinajstić information content (AvgIpc) is 2.30. The van der Waals surface area contributed by atoms with Gasteiger partial charge in [0.25, 0.3) is 0 Å². The zero-order chi connectivity index (χ0) is 9.80. The Morgan fingerprint density at radius 1 is 1.07 bits per heavy atom. The van der Waals surface area contributed by atoms with Crippen LogP contribution in [0.2, 0.25) is 0 Å². The van der Waals surface area contributed by atoms with Gasteiger partial charge in [0.15, 0.2) is 0 Å². The van der Waals surface area contributed by atoms with Crippen molar-refractivity contribution in [2.75, 3.05) is 13.1 Å². The van der Waals surface area contributed by atoms with E-state index in [4.69, 9.17) is 5.41 Å². The third kappa shape index (κ3) is 2.96. The summed E-state index contributed by atoms with van der Waals surface area (Å²) in [5, 5.41) is 8.05. The van der Waals surface area contributed by atoms with Crippen LogP contribution in [-0.2, 0) is 0 Å². The summed E-state index contributed by atoms with van der Waals surface area (Å²) in [5.74, 6) is 0.685. The Kier molecular flexibility index (Phi) is 4.63. The molecule has 1 heterocycles. The lowest BCUT2D eigenvalue weighted by Gasteiger charge is -2.29. The van der Waals surface area contributed by atoms with Gasteiger partial charge in [0.1, 0.15) is 5.84 Å². The molecule has 0 aliphatic carbocycles. The van der Waals surface area contributed by atoms with Gasteiger partial charge in [0.05, 0.1) is 0 Å². The molecule has 0 unspecified atom stereocenters. The first-order valence-corrected chi connectivity index (χ1v) is 5.27. The van der Waals surface area contributed by atoms with Crippen LogP contribution in [0.4, 0.5) is 0 Å². The van der Waals surface area contributed by atoms with Crippen molar-refractivity contribution in [2.45, 2.75) is 19.3 Å². The molecule has 1 fully saturated rings. The van der Waals surface area contributed by atoms with E-state index in [0.717, 1.165) is 18.7 Å². The van der Waals surface area contributed by atoms with E-state index in [-0.39, 0.29) is 13.8 Å². The molecule has 0 atom stereocenters. The standard InChI is InChI=1S/C12H16N2.ClH/c13-12(11-7-3-1-4-8-11)14-9-5-2-6-10-14;/h1,3-4,7-8,13H,2,5-6,9-10H2;1H. The van der Waals surface area contributed by atoms with Crippen molar-refractivity contribution in [1.82, 2.24) is 4.90 Å². The fourth-order valence-corrected chi connectivity index (χ4v) is 1.90. The van der Waals surface area contributed by atoms with Gasteiger partial charge in [-0.25, -0.2) is 0 Å². The molecule has 0 bridgehead atoms. The van der Waals surface area contributed by atoms with Crippen molar-refractivity contribution >= 4 is 5.84 Å². The van der Waals surface area contributed by atoms with E-state index in [1.807, 2.05) is 30.3 Å². The number of piperidine rings is 1. The van der Waals surface area contributed by atoms with Gasteiger partial charge >= 0.3 is 1.43 Å². The maximum atomic E-state index is 8.05. The van der Waals surface area contributed by atoms with E-state index in [9.17, 15) is 0 Å². The van der Waals surface area contributed by atoms with Crippen LogP contribution >= 0.6 is 0 Å². The SMILES string of the molecule is N=C(c1ccccc1)N1CCCCC1.[Cl-].[H+]. The molecule has 1 aromatic rings. The molecule has 0 radical (unpaired) electrons. The molecule has 15 heavy (non-hydrogen) atoms. The molecule has 0 aromatic heterocycles. The molecule has 3 heteroatoms. The smallest absolute Gasteiger partial charge is 1.00 e. The van der Waals surface area contributed by atoms with Crippen LogP contribution in [0.1, 0.15) is 26.3 Å². The predicted molar refractivity (Wildman–Crippen MR) is 59.8 cm³/mol. The zero-order valence-electron chi connectivity index (χ0n) is 9.75. The Balaban J connectivity index is 0.00000112. The van der Waals surface area contributed by atoms with Crippen molar-refractivity contribution in [3.05, 3.63) is 35.9 Å². The first kappa shape index (κ1) is 12.1. The molecule has 1 aliphatic rings. The summed E-state index contributed by atoms with van der Waals surface area (Å²) >= 11 is 0. The van der Waals surface area contributed by atoms with Crippen molar-refractivity contribution in [3.8, 4) is 0 Å². The summed E-state index contributed by atoms with van der Waals surface area (Å²) in [7, 11) is 0. The van der Waals surface area contributed by atoms with Gasteiger partial charge in [-0.2, -0.15) is 0 Å². The molecule has 1 aliphatic heterocycles. The van der Waals surface area contributed by atoms with E-state index < -0.39 is 0 Å². The molecular formula is C12H17ClN2. The molecule has 2 rings (SSSR count). The topological polar surface area (TPSA) is 27.1 Å². The summed E-state index contributed by atoms with van der Waals surface area (Å²) in [6.07, 6.45) is 3.78. The second-order valence-corrected chi connectivity index (χ2v) is 3.76. The highest BCUT2D eigenvalue weighted by Gasteiger charge is 2.13. The lowest BCUT2D eigenvalue weighted by molar-refractivity contribution is -0.00000315. The van der Waals surface area contributed by atoms with Crippen LogP contribution in [0.15, 0.2) is 30.3 Å². The predicted octanol–water partition coefficient (Wildman–Crippen LogP) is -0.386. The second-order valence-electron chi connectivity index (χ2n) is 3.76. The van der Waals surface area contributed by atoms with Gasteiger partial charge in [0, 0.05) is 18.7 Å². The fourth-order valence-electron chi connectivity index (χ4n) is 1.90. The first-order valence-electron chi connectivity index (χ1n) is 5.27. The first-order chi connectivity index (χ1) is 6.88. The van der Waals surface area contributed by atoms with E-state index in [1.54, 1.807) is 0 Å². The minimum atomic E-state index is 0. The van der Waals surface area contributed by atoms with Crippen molar-refractivity contribution in [1.29, 1.82) is 5.41 Å². The highest BCUT2D eigenvalue weighted by Crippen LogP contribution is 2.12. The quantitative estimate of drug-likeness (QED) is 0.511. The summed E-state index contributed by atoms with van der Waals surface area (Å²) in [6.45, 7) is 2.10. The maximum absolute atomic E-state index is 8.05. The molecule has 1 N–H and O–H groups in total. The van der Waals surface area contributed by atoms with Crippen LogP contribution in [0, 0.1) is 5.41 Å². The van der Waals surface area contributed by atoms with Crippen LogP contribution in [0.25, 0.3) is 0 Å². The number of hydrogen-bond acceptors (Lipinski definition) is 1. The Hall–Kier alpha value is -1.02. The molecule has 0 amide bonds. The third-order valence-electron chi connectivity index (χ3n) is 2.72. The van der Waals surface area contributed by atoms with Gasteiger partial charge in [-0.1, -0.05) is 30.3 Å². The van der Waals surface area contributed by atoms with Gasteiger partial charge in [-0.15, -0.1) is 0 Å². The van der Waals surface area contributed by atoms with Gasteiger partial charge < -0.3 is 17.3 Å². The number of likely N-dealkylation sites (tertiary alicyclic amines) is 1. The molecule has 82 valence electrons. The highest BCUT2D eigenvalue weighted by molar-refractivity contribution is 5.96. The number of nitrogens with zero attached hydrogens (tertiary/aromatic N) is 1. The molecular weight excluding hydrogens is 208 g/mol. The Labute approximate surface area is 98.7 Å². The third-order valence-corrected chi connectivity index (χ3v) is 2.72. The van der Waals surface area contributed by atoms with Gasteiger partial charge in [0.2, 0.25) is 0 Å². The van der Waals surface area contributed by atoms with Crippen LogP contribution in [0.3, 0.4) is 0 Å². The van der Waals surface area contributed by atoms with Crippen LogP contribution < -0.4 is 12.4 Å². The van der Waals surface area contributed by atoms with Crippen molar-refractivity contribution in [3.63, 3.8) is 0 Å². The largest absolute Gasteiger partial charge is 1.00 e. The molecule has 1 saturated heterocycles. The van der Waals surface area contributed by atoms with E-state index in [2.05, 4.69) is 4.90 Å². The zero-order valence-corrected chi connectivity index (χ0v) is 9.50. The Morgan fingerprint density at radius 3 is 2.27 bits per heavy atom.